The zero-order chi connectivity index (χ0) is 19.9. The van der Waals surface area contributed by atoms with E-state index >= 15 is 0 Å². The number of aryl methyl sites for hydroxylation is 1. The first-order valence-electron chi connectivity index (χ1n) is 9.53. The Morgan fingerprint density at radius 1 is 1.11 bits per heavy atom. The van der Waals surface area contributed by atoms with Gasteiger partial charge in [-0.2, -0.15) is 0 Å². The second-order valence-corrected chi connectivity index (χ2v) is 8.03. The number of fused-ring (bicyclic) bond motifs is 2. The van der Waals surface area contributed by atoms with E-state index in [4.69, 9.17) is 9.47 Å². The van der Waals surface area contributed by atoms with Gasteiger partial charge in [-0.1, -0.05) is 42.0 Å². The minimum Gasteiger partial charge on any atom is -0.496 e. The fourth-order valence-corrected chi connectivity index (χ4v) is 3.90. The van der Waals surface area contributed by atoms with E-state index in [-0.39, 0.29) is 17.6 Å². The molecule has 0 saturated carbocycles. The van der Waals surface area contributed by atoms with Crippen LogP contribution >= 0.6 is 0 Å². The van der Waals surface area contributed by atoms with Gasteiger partial charge >= 0.3 is 0 Å². The van der Waals surface area contributed by atoms with Crippen molar-refractivity contribution in [2.24, 2.45) is 0 Å². The number of methoxy groups -OCH3 is 1. The molecule has 1 N–H and O–H groups in total. The molecule has 0 radical (unpaired) electrons. The molecule has 1 aliphatic heterocycles. The maximum absolute atomic E-state index is 13.2. The molecule has 0 bridgehead atoms. The second kappa shape index (κ2) is 6.86. The third kappa shape index (κ3) is 3.42. The lowest BCUT2D eigenvalue weighted by Crippen LogP contribution is -2.41. The van der Waals surface area contributed by atoms with E-state index in [1.165, 1.54) is 0 Å². The van der Waals surface area contributed by atoms with Gasteiger partial charge in [0.1, 0.15) is 17.1 Å². The van der Waals surface area contributed by atoms with Gasteiger partial charge in [0.15, 0.2) is 0 Å². The van der Waals surface area contributed by atoms with Crippen LogP contribution in [0.25, 0.3) is 10.8 Å². The predicted octanol–water partition coefficient (Wildman–Crippen LogP) is 5.19. The second-order valence-electron chi connectivity index (χ2n) is 8.03. The topological polar surface area (TPSA) is 47.6 Å². The van der Waals surface area contributed by atoms with Crippen molar-refractivity contribution in [2.45, 2.75) is 38.8 Å². The summed E-state index contributed by atoms with van der Waals surface area (Å²) in [6, 6.07) is 17.8. The van der Waals surface area contributed by atoms with E-state index in [2.05, 4.69) is 11.4 Å². The van der Waals surface area contributed by atoms with Crippen molar-refractivity contribution < 1.29 is 14.3 Å². The monoisotopic (exact) mass is 375 g/mol. The van der Waals surface area contributed by atoms with Crippen LogP contribution in [0, 0.1) is 6.92 Å². The van der Waals surface area contributed by atoms with Crippen LogP contribution < -0.4 is 14.8 Å². The molecule has 0 fully saturated rings. The maximum atomic E-state index is 13.2. The van der Waals surface area contributed by atoms with Gasteiger partial charge in [-0.3, -0.25) is 4.79 Å². The number of hydrogen-bond acceptors (Lipinski definition) is 3. The molecule has 144 valence electrons. The third-order valence-electron chi connectivity index (χ3n) is 5.24. The van der Waals surface area contributed by atoms with Gasteiger partial charge in [0.05, 0.1) is 18.7 Å². The quantitative estimate of drug-likeness (QED) is 0.685. The number of hydrogen-bond donors (Lipinski definition) is 1. The van der Waals surface area contributed by atoms with Crippen molar-refractivity contribution in [3.63, 3.8) is 0 Å². The summed E-state index contributed by atoms with van der Waals surface area (Å²) in [6.45, 7) is 6.14. The van der Waals surface area contributed by atoms with Crippen molar-refractivity contribution in [1.82, 2.24) is 5.32 Å². The molecule has 0 unspecified atom stereocenters. The average Bonchev–Trinajstić information content (AvgIpc) is 2.66. The van der Waals surface area contributed by atoms with Gasteiger partial charge in [-0.25, -0.2) is 0 Å². The zero-order valence-electron chi connectivity index (χ0n) is 16.7. The van der Waals surface area contributed by atoms with Crippen LogP contribution in [-0.2, 0) is 0 Å². The lowest BCUT2D eigenvalue weighted by Gasteiger charge is -2.38. The van der Waals surface area contributed by atoms with Crippen molar-refractivity contribution in [1.29, 1.82) is 0 Å². The molecule has 0 spiro atoms. The summed E-state index contributed by atoms with van der Waals surface area (Å²) in [5.41, 5.74) is 2.35. The summed E-state index contributed by atoms with van der Waals surface area (Å²) in [4.78, 5) is 13.2. The number of amides is 1. The molecule has 4 rings (SSSR count). The molecule has 0 saturated heterocycles. The highest BCUT2D eigenvalue weighted by Gasteiger charge is 2.35. The Balaban J connectivity index is 1.71. The molecule has 3 aromatic rings. The van der Waals surface area contributed by atoms with Crippen LogP contribution in [0.2, 0.25) is 0 Å². The van der Waals surface area contributed by atoms with Crippen LogP contribution in [-0.4, -0.2) is 18.6 Å². The van der Waals surface area contributed by atoms with Crippen molar-refractivity contribution >= 4 is 16.7 Å². The molecule has 0 aliphatic carbocycles. The summed E-state index contributed by atoms with van der Waals surface area (Å²) in [6.07, 6.45) is 0.699. The Bertz CT molecular complexity index is 1050. The minimum atomic E-state index is -0.353. The first kappa shape index (κ1) is 18.4. The van der Waals surface area contributed by atoms with Gasteiger partial charge in [0, 0.05) is 12.0 Å². The Labute approximate surface area is 165 Å². The normalized spacial score (nSPS) is 17.5. The minimum absolute atomic E-state index is 0.123. The molecule has 28 heavy (non-hydrogen) atoms. The number of benzene rings is 3. The fraction of sp³-hybridized carbons (Fsp3) is 0.292. The molecule has 0 aromatic heterocycles. The molecular weight excluding hydrogens is 350 g/mol. The van der Waals surface area contributed by atoms with E-state index in [0.29, 0.717) is 17.7 Å². The highest BCUT2D eigenvalue weighted by molar-refractivity contribution is 6.01. The largest absolute Gasteiger partial charge is 0.496 e. The van der Waals surface area contributed by atoms with E-state index in [0.717, 1.165) is 27.6 Å². The molecule has 1 atom stereocenters. The molecule has 4 nitrogen and oxygen atoms in total. The highest BCUT2D eigenvalue weighted by Crippen LogP contribution is 2.40. The van der Waals surface area contributed by atoms with E-state index in [1.54, 1.807) is 7.11 Å². The molecule has 4 heteroatoms. The van der Waals surface area contributed by atoms with Crippen molar-refractivity contribution in [3.8, 4) is 11.5 Å². The summed E-state index contributed by atoms with van der Waals surface area (Å²) in [5.74, 6) is 1.27. The Hall–Kier alpha value is -3.01. The van der Waals surface area contributed by atoms with Crippen LogP contribution in [0.4, 0.5) is 0 Å². The number of rotatable bonds is 3. The van der Waals surface area contributed by atoms with Crippen LogP contribution in [0.3, 0.4) is 0 Å². The average molecular weight is 375 g/mol. The Morgan fingerprint density at radius 2 is 1.82 bits per heavy atom. The zero-order valence-corrected chi connectivity index (χ0v) is 16.7. The predicted molar refractivity (Wildman–Crippen MR) is 111 cm³/mol. The number of ether oxygens (including phenoxy) is 2. The van der Waals surface area contributed by atoms with Crippen molar-refractivity contribution in [3.05, 3.63) is 71.3 Å². The van der Waals surface area contributed by atoms with E-state index in [9.17, 15) is 4.79 Å². The van der Waals surface area contributed by atoms with Gasteiger partial charge in [-0.05, 0) is 49.7 Å². The van der Waals surface area contributed by atoms with E-state index < -0.39 is 0 Å². The SMILES string of the molecule is COc1cc2ccccc2cc1C(=O)N[C@@H]1CC(C)(C)Oc2ccc(C)cc21. The summed E-state index contributed by atoms with van der Waals surface area (Å²) < 4.78 is 11.6. The van der Waals surface area contributed by atoms with Crippen LogP contribution in [0.15, 0.2) is 54.6 Å². The summed E-state index contributed by atoms with van der Waals surface area (Å²) in [5, 5.41) is 5.27. The Kier molecular flexibility index (Phi) is 4.50. The maximum Gasteiger partial charge on any atom is 0.255 e. The number of nitrogens with one attached hydrogen (secondary N) is 1. The van der Waals surface area contributed by atoms with Gasteiger partial charge < -0.3 is 14.8 Å². The molecule has 1 heterocycles. The third-order valence-corrected chi connectivity index (χ3v) is 5.24. The molecule has 3 aromatic carbocycles. The van der Waals surface area contributed by atoms with Crippen LogP contribution in [0.1, 0.15) is 47.8 Å². The fourth-order valence-electron chi connectivity index (χ4n) is 3.90. The lowest BCUT2D eigenvalue weighted by molar-refractivity contribution is 0.0618. The van der Waals surface area contributed by atoms with Crippen molar-refractivity contribution in [2.75, 3.05) is 7.11 Å². The highest BCUT2D eigenvalue weighted by atomic mass is 16.5. The molecular formula is C24H25NO3. The Morgan fingerprint density at radius 3 is 2.54 bits per heavy atom. The summed E-state index contributed by atoms with van der Waals surface area (Å²) in [7, 11) is 1.59. The van der Waals surface area contributed by atoms with Gasteiger partial charge in [-0.15, -0.1) is 0 Å². The number of carbonyl (C=O) groups is 1. The first-order valence-corrected chi connectivity index (χ1v) is 9.53. The lowest BCUT2D eigenvalue weighted by atomic mass is 9.88. The summed E-state index contributed by atoms with van der Waals surface area (Å²) >= 11 is 0. The van der Waals surface area contributed by atoms with E-state index in [1.807, 2.05) is 69.3 Å². The van der Waals surface area contributed by atoms with Gasteiger partial charge in [0.2, 0.25) is 0 Å². The molecule has 1 aliphatic rings. The molecule has 1 amide bonds. The standard InChI is InChI=1S/C24H25NO3/c1-15-9-10-21-18(11-15)20(14-24(2,3)28-21)25-23(26)19-12-16-7-5-6-8-17(16)13-22(19)27-4/h5-13,20H,14H2,1-4H3,(H,25,26)/t20-/m1/s1. The number of carbonyl (C=O) groups excluding carboxylic acids is 1. The smallest absolute Gasteiger partial charge is 0.255 e. The van der Waals surface area contributed by atoms with Crippen LogP contribution in [0.5, 0.6) is 11.5 Å². The first-order chi connectivity index (χ1) is 13.4. The van der Waals surface area contributed by atoms with Gasteiger partial charge in [0.25, 0.3) is 5.91 Å².